The first-order valence-electron chi connectivity index (χ1n) is 14.0. The van der Waals surface area contributed by atoms with Crippen molar-refractivity contribution in [2.75, 3.05) is 6.61 Å². The van der Waals surface area contributed by atoms with Crippen molar-refractivity contribution in [1.82, 2.24) is 0 Å². The fourth-order valence-electron chi connectivity index (χ4n) is 4.97. The molecule has 4 aromatic carbocycles. The smallest absolute Gasteiger partial charge is 0.188 e. The van der Waals surface area contributed by atoms with Crippen LogP contribution in [0.1, 0.15) is 46.0 Å². The van der Waals surface area contributed by atoms with E-state index in [2.05, 4.69) is 55.5 Å². The Bertz CT molecular complexity index is 1500. The SMILES string of the molecule is Cc1ccc(-c2cc3c(o2)[C@H](OCc2ccccc2)[C@@H](COCc2ccccc2)O[C@@H]3OCc2ccccc2)cc1. The number of hydrogen-bond acceptors (Lipinski definition) is 5. The molecule has 5 nitrogen and oxygen atoms in total. The molecule has 0 bridgehead atoms. The molecule has 208 valence electrons. The lowest BCUT2D eigenvalue weighted by Gasteiger charge is -2.35. The molecule has 1 aliphatic heterocycles. The Hall–Kier alpha value is -4.00. The van der Waals surface area contributed by atoms with Crippen molar-refractivity contribution in [1.29, 1.82) is 0 Å². The highest BCUT2D eigenvalue weighted by Gasteiger charge is 2.41. The number of hydrogen-bond donors (Lipinski definition) is 0. The van der Waals surface area contributed by atoms with E-state index in [1.54, 1.807) is 0 Å². The molecule has 0 N–H and O–H groups in total. The van der Waals surface area contributed by atoms with Gasteiger partial charge in [-0.05, 0) is 29.7 Å². The fraction of sp³-hybridized carbons (Fsp3) is 0.222. The van der Waals surface area contributed by atoms with Crippen molar-refractivity contribution in [2.45, 2.75) is 45.2 Å². The first kappa shape index (κ1) is 27.2. The predicted octanol–water partition coefficient (Wildman–Crippen LogP) is 8.34. The molecule has 0 saturated carbocycles. The Morgan fingerprint density at radius 1 is 0.634 bits per heavy atom. The number of rotatable bonds is 11. The van der Waals surface area contributed by atoms with Crippen molar-refractivity contribution < 1.29 is 23.4 Å². The molecule has 1 aliphatic rings. The molecule has 0 radical (unpaired) electrons. The van der Waals surface area contributed by atoms with Gasteiger partial charge in [-0.2, -0.15) is 0 Å². The minimum Gasteiger partial charge on any atom is -0.458 e. The van der Waals surface area contributed by atoms with E-state index in [1.165, 1.54) is 5.56 Å². The van der Waals surface area contributed by atoms with Crippen LogP contribution in [0.15, 0.2) is 126 Å². The van der Waals surface area contributed by atoms with Gasteiger partial charge in [-0.3, -0.25) is 0 Å². The average molecular weight is 547 g/mol. The Morgan fingerprint density at radius 3 is 1.80 bits per heavy atom. The number of benzene rings is 4. The maximum absolute atomic E-state index is 6.61. The Labute approximate surface area is 241 Å². The molecule has 5 heteroatoms. The summed E-state index contributed by atoms with van der Waals surface area (Å²) in [5, 5.41) is 0. The summed E-state index contributed by atoms with van der Waals surface area (Å²) in [5.74, 6) is 1.47. The van der Waals surface area contributed by atoms with Crippen LogP contribution in [-0.2, 0) is 38.8 Å². The standard InChI is InChI=1S/C36H34O5/c1-26-17-19-30(20-18-26)32-21-31-34(40-32)35(38-23-28-13-7-3-8-14-28)33(25-37-22-27-11-5-2-6-12-27)41-36(31)39-24-29-15-9-4-10-16-29/h2-21,33,35-36H,22-25H2,1H3/t33-,35-,36+/m1/s1. The third kappa shape index (κ3) is 6.84. The van der Waals surface area contributed by atoms with Crippen molar-refractivity contribution >= 4 is 0 Å². The van der Waals surface area contributed by atoms with E-state index in [-0.39, 0.29) is 0 Å². The summed E-state index contributed by atoms with van der Waals surface area (Å²) in [7, 11) is 0. The molecule has 3 atom stereocenters. The second-order valence-electron chi connectivity index (χ2n) is 10.3. The molecule has 0 aliphatic carbocycles. The van der Waals surface area contributed by atoms with Crippen LogP contribution in [0.4, 0.5) is 0 Å². The quantitative estimate of drug-likeness (QED) is 0.167. The van der Waals surface area contributed by atoms with Crippen LogP contribution >= 0.6 is 0 Å². The zero-order valence-corrected chi connectivity index (χ0v) is 23.1. The Kier molecular flexibility index (Phi) is 8.69. The molecule has 41 heavy (non-hydrogen) atoms. The number of furan rings is 1. The normalized spacial score (nSPS) is 18.2. The van der Waals surface area contributed by atoms with E-state index >= 15 is 0 Å². The summed E-state index contributed by atoms with van der Waals surface area (Å²) in [5.41, 5.74) is 6.27. The van der Waals surface area contributed by atoms with Gasteiger partial charge in [-0.15, -0.1) is 0 Å². The van der Waals surface area contributed by atoms with Gasteiger partial charge < -0.3 is 23.4 Å². The zero-order valence-electron chi connectivity index (χ0n) is 23.1. The van der Waals surface area contributed by atoms with E-state index in [1.807, 2.05) is 72.8 Å². The topological polar surface area (TPSA) is 50.1 Å². The summed E-state index contributed by atoms with van der Waals surface area (Å²) in [6.07, 6.45) is -1.54. The second kappa shape index (κ2) is 13.1. The van der Waals surface area contributed by atoms with Gasteiger partial charge in [0.15, 0.2) is 6.29 Å². The monoisotopic (exact) mass is 546 g/mol. The molecule has 1 aromatic heterocycles. The van der Waals surface area contributed by atoms with Crippen LogP contribution in [0.2, 0.25) is 0 Å². The van der Waals surface area contributed by atoms with E-state index in [4.69, 9.17) is 23.4 Å². The lowest BCUT2D eigenvalue weighted by molar-refractivity contribution is -0.239. The highest BCUT2D eigenvalue weighted by molar-refractivity contribution is 5.60. The van der Waals surface area contributed by atoms with Gasteiger partial charge in [-0.25, -0.2) is 0 Å². The molecular weight excluding hydrogens is 512 g/mol. The molecule has 0 spiro atoms. The number of aryl methyl sites for hydroxylation is 1. The highest BCUT2D eigenvalue weighted by atomic mass is 16.7. The van der Waals surface area contributed by atoms with Gasteiger partial charge in [0.25, 0.3) is 0 Å². The van der Waals surface area contributed by atoms with E-state index in [0.717, 1.165) is 33.6 Å². The lowest BCUT2D eigenvalue weighted by Crippen LogP contribution is -2.36. The second-order valence-corrected chi connectivity index (χ2v) is 10.3. The zero-order chi connectivity index (χ0) is 27.9. The Morgan fingerprint density at radius 2 is 1.20 bits per heavy atom. The fourth-order valence-corrected chi connectivity index (χ4v) is 4.97. The molecule has 0 unspecified atom stereocenters. The van der Waals surface area contributed by atoms with Crippen LogP contribution in [0.5, 0.6) is 0 Å². The molecule has 0 fully saturated rings. The molecule has 6 rings (SSSR count). The summed E-state index contributed by atoms with van der Waals surface area (Å²) < 4.78 is 32.3. The Balaban J connectivity index is 1.30. The number of fused-ring (bicyclic) bond motifs is 1. The molecule has 2 heterocycles. The molecule has 5 aromatic rings. The van der Waals surface area contributed by atoms with Crippen LogP contribution in [0.3, 0.4) is 0 Å². The van der Waals surface area contributed by atoms with Crippen LogP contribution in [-0.4, -0.2) is 12.7 Å². The van der Waals surface area contributed by atoms with Crippen molar-refractivity contribution in [2.24, 2.45) is 0 Å². The predicted molar refractivity (Wildman–Crippen MR) is 158 cm³/mol. The van der Waals surface area contributed by atoms with Crippen molar-refractivity contribution in [3.05, 3.63) is 155 Å². The summed E-state index contributed by atoms with van der Waals surface area (Å²) in [4.78, 5) is 0. The maximum Gasteiger partial charge on any atom is 0.188 e. The van der Waals surface area contributed by atoms with Gasteiger partial charge in [-0.1, -0.05) is 121 Å². The van der Waals surface area contributed by atoms with E-state index < -0.39 is 18.5 Å². The van der Waals surface area contributed by atoms with Crippen LogP contribution in [0, 0.1) is 6.92 Å². The van der Waals surface area contributed by atoms with Gasteiger partial charge >= 0.3 is 0 Å². The molecular formula is C36H34O5. The minimum absolute atomic E-state index is 0.319. The number of ether oxygens (including phenoxy) is 4. The third-order valence-electron chi connectivity index (χ3n) is 7.19. The van der Waals surface area contributed by atoms with Crippen molar-refractivity contribution in [3.8, 4) is 11.3 Å². The van der Waals surface area contributed by atoms with Gasteiger partial charge in [0.05, 0.1) is 32.0 Å². The molecule has 0 amide bonds. The third-order valence-corrected chi connectivity index (χ3v) is 7.19. The van der Waals surface area contributed by atoms with E-state index in [0.29, 0.717) is 32.2 Å². The van der Waals surface area contributed by atoms with Gasteiger partial charge in [0, 0.05) is 5.56 Å². The minimum atomic E-state index is -0.630. The first-order valence-corrected chi connectivity index (χ1v) is 14.0. The summed E-state index contributed by atoms with van der Waals surface area (Å²) in [6.45, 7) is 3.69. The van der Waals surface area contributed by atoms with Gasteiger partial charge in [0.2, 0.25) is 0 Å². The van der Waals surface area contributed by atoms with E-state index in [9.17, 15) is 0 Å². The summed E-state index contributed by atoms with van der Waals surface area (Å²) >= 11 is 0. The lowest BCUT2D eigenvalue weighted by atomic mass is 10.0. The van der Waals surface area contributed by atoms with Crippen LogP contribution < -0.4 is 0 Å². The van der Waals surface area contributed by atoms with Crippen LogP contribution in [0.25, 0.3) is 11.3 Å². The maximum atomic E-state index is 6.61. The highest BCUT2D eigenvalue weighted by Crippen LogP contribution is 2.44. The molecule has 0 saturated heterocycles. The first-order chi connectivity index (χ1) is 20.2. The van der Waals surface area contributed by atoms with Gasteiger partial charge in [0.1, 0.15) is 23.7 Å². The average Bonchev–Trinajstić information content (AvgIpc) is 3.47. The largest absolute Gasteiger partial charge is 0.458 e. The van der Waals surface area contributed by atoms with Crippen molar-refractivity contribution in [3.63, 3.8) is 0 Å². The summed E-state index contributed by atoms with van der Waals surface area (Å²) in [6, 6.07) is 40.7.